The molecule has 0 radical (unpaired) electrons. The second-order valence-electron chi connectivity index (χ2n) is 5.13. The number of hydrogen-bond donors (Lipinski definition) is 1. The molecule has 0 aliphatic heterocycles. The summed E-state index contributed by atoms with van der Waals surface area (Å²) in [5.74, 6) is 0. The van der Waals surface area contributed by atoms with Crippen LogP contribution < -0.4 is 0 Å². The van der Waals surface area contributed by atoms with Gasteiger partial charge in [0.15, 0.2) is 0 Å². The molecule has 0 saturated carbocycles. The molecule has 0 atom stereocenters. The quantitative estimate of drug-likeness (QED) is 0.826. The van der Waals surface area contributed by atoms with Crippen molar-refractivity contribution in [1.29, 1.82) is 0 Å². The Balaban J connectivity index is 2.63. The Hall–Kier alpha value is -0.860. The molecule has 16 heavy (non-hydrogen) atoms. The predicted molar refractivity (Wildman–Crippen MR) is 68.4 cm³/mol. The van der Waals surface area contributed by atoms with Crippen LogP contribution in [-0.4, -0.2) is 29.2 Å². The summed E-state index contributed by atoms with van der Waals surface area (Å²) in [7, 11) is 2.11. The minimum Gasteiger partial charge on any atom is -0.396 e. The molecule has 0 saturated heterocycles. The molecule has 2 nitrogen and oxygen atoms in total. The lowest BCUT2D eigenvalue weighted by Crippen LogP contribution is -2.41. The summed E-state index contributed by atoms with van der Waals surface area (Å²) < 4.78 is 0. The van der Waals surface area contributed by atoms with Gasteiger partial charge < -0.3 is 5.11 Å². The van der Waals surface area contributed by atoms with Crippen LogP contribution in [0.4, 0.5) is 0 Å². The first-order valence-electron chi connectivity index (χ1n) is 5.83. The average Bonchev–Trinajstić information content (AvgIpc) is 2.21. The summed E-state index contributed by atoms with van der Waals surface area (Å²) >= 11 is 0. The van der Waals surface area contributed by atoms with Gasteiger partial charge in [-0.15, -0.1) is 0 Å². The van der Waals surface area contributed by atoms with Crippen LogP contribution in [0, 0.1) is 6.92 Å². The molecular weight excluding hydrogens is 198 g/mol. The summed E-state index contributed by atoms with van der Waals surface area (Å²) in [5, 5.41) is 9.03. The van der Waals surface area contributed by atoms with Gasteiger partial charge in [-0.05, 0) is 39.8 Å². The maximum Gasteiger partial charge on any atom is 0.0448 e. The van der Waals surface area contributed by atoms with Crippen LogP contribution >= 0.6 is 0 Å². The molecule has 1 rings (SSSR count). The molecule has 0 amide bonds. The largest absolute Gasteiger partial charge is 0.396 e. The van der Waals surface area contributed by atoms with E-state index in [1.165, 1.54) is 11.1 Å². The van der Waals surface area contributed by atoms with Crippen molar-refractivity contribution in [3.8, 4) is 0 Å². The van der Waals surface area contributed by atoms with E-state index in [0.29, 0.717) is 0 Å². The van der Waals surface area contributed by atoms with Crippen LogP contribution in [0.5, 0.6) is 0 Å². The van der Waals surface area contributed by atoms with Crippen LogP contribution in [0.3, 0.4) is 0 Å². The first-order chi connectivity index (χ1) is 7.45. The molecule has 0 fully saturated rings. The Labute approximate surface area is 98.9 Å². The molecule has 1 aromatic carbocycles. The molecule has 2 heteroatoms. The van der Waals surface area contributed by atoms with Crippen molar-refractivity contribution in [2.24, 2.45) is 0 Å². The van der Waals surface area contributed by atoms with Crippen molar-refractivity contribution < 1.29 is 5.11 Å². The smallest absolute Gasteiger partial charge is 0.0448 e. The topological polar surface area (TPSA) is 23.5 Å². The van der Waals surface area contributed by atoms with E-state index < -0.39 is 0 Å². The van der Waals surface area contributed by atoms with Crippen LogP contribution in [0.2, 0.25) is 0 Å². The number of rotatable bonds is 5. The van der Waals surface area contributed by atoms with E-state index >= 15 is 0 Å². The molecule has 1 N–H and O–H groups in total. The van der Waals surface area contributed by atoms with Crippen molar-refractivity contribution in [2.75, 3.05) is 13.7 Å². The second kappa shape index (κ2) is 5.46. The first kappa shape index (κ1) is 13.2. The summed E-state index contributed by atoms with van der Waals surface area (Å²) in [6.45, 7) is 7.59. The molecule has 90 valence electrons. The van der Waals surface area contributed by atoms with E-state index in [4.69, 9.17) is 5.11 Å². The van der Waals surface area contributed by atoms with E-state index in [9.17, 15) is 0 Å². The van der Waals surface area contributed by atoms with Gasteiger partial charge in [-0.3, -0.25) is 4.90 Å². The van der Waals surface area contributed by atoms with E-state index in [1.54, 1.807) is 0 Å². The Kier molecular flexibility index (Phi) is 4.51. The Morgan fingerprint density at radius 3 is 2.25 bits per heavy atom. The highest BCUT2D eigenvalue weighted by Crippen LogP contribution is 2.19. The fraction of sp³-hybridized carbons (Fsp3) is 0.571. The van der Waals surface area contributed by atoms with Crippen LogP contribution in [0.1, 0.15) is 31.4 Å². The van der Waals surface area contributed by atoms with Crippen molar-refractivity contribution in [3.63, 3.8) is 0 Å². The normalized spacial score (nSPS) is 12.1. The fourth-order valence-electron chi connectivity index (χ4n) is 1.65. The van der Waals surface area contributed by atoms with Gasteiger partial charge >= 0.3 is 0 Å². The van der Waals surface area contributed by atoms with Gasteiger partial charge in [0.05, 0.1) is 0 Å². The SMILES string of the molecule is Cc1ccc(CN(C)C(C)(C)CCO)cc1. The third-order valence-corrected chi connectivity index (χ3v) is 3.30. The lowest BCUT2D eigenvalue weighted by Gasteiger charge is -2.35. The lowest BCUT2D eigenvalue weighted by atomic mass is 9.98. The maximum absolute atomic E-state index is 9.03. The summed E-state index contributed by atoms with van der Waals surface area (Å²) in [6.07, 6.45) is 0.801. The molecule has 0 aliphatic carbocycles. The van der Waals surface area contributed by atoms with Gasteiger partial charge in [-0.1, -0.05) is 29.8 Å². The standard InChI is InChI=1S/C14H23NO/c1-12-5-7-13(8-6-12)11-15(4)14(2,3)9-10-16/h5-8,16H,9-11H2,1-4H3. The van der Waals surface area contributed by atoms with Crippen molar-refractivity contribution in [1.82, 2.24) is 4.90 Å². The van der Waals surface area contributed by atoms with Crippen molar-refractivity contribution in [3.05, 3.63) is 35.4 Å². The zero-order valence-corrected chi connectivity index (χ0v) is 10.8. The Morgan fingerprint density at radius 1 is 1.19 bits per heavy atom. The van der Waals surface area contributed by atoms with Gasteiger partial charge in [0, 0.05) is 18.7 Å². The van der Waals surface area contributed by atoms with Crippen LogP contribution in [0.25, 0.3) is 0 Å². The lowest BCUT2D eigenvalue weighted by molar-refractivity contribution is 0.110. The molecular formula is C14H23NO. The van der Waals surface area contributed by atoms with Gasteiger partial charge in [-0.25, -0.2) is 0 Å². The molecule has 0 bridgehead atoms. The van der Waals surface area contributed by atoms with E-state index in [0.717, 1.165) is 13.0 Å². The average molecular weight is 221 g/mol. The minimum absolute atomic E-state index is 0.0413. The maximum atomic E-state index is 9.03. The predicted octanol–water partition coefficient (Wildman–Crippen LogP) is 2.59. The number of benzene rings is 1. The highest BCUT2D eigenvalue weighted by atomic mass is 16.3. The molecule has 0 heterocycles. The van der Waals surface area contributed by atoms with Crippen LogP contribution in [0.15, 0.2) is 24.3 Å². The van der Waals surface area contributed by atoms with E-state index in [-0.39, 0.29) is 12.1 Å². The minimum atomic E-state index is 0.0413. The highest BCUT2D eigenvalue weighted by molar-refractivity contribution is 5.21. The Morgan fingerprint density at radius 2 is 1.75 bits per heavy atom. The summed E-state index contributed by atoms with van der Waals surface area (Å²) in [6, 6.07) is 8.62. The molecule has 1 aromatic rings. The number of aryl methyl sites for hydroxylation is 1. The monoisotopic (exact) mass is 221 g/mol. The van der Waals surface area contributed by atoms with Crippen molar-refractivity contribution >= 4 is 0 Å². The van der Waals surface area contributed by atoms with Crippen molar-refractivity contribution in [2.45, 2.75) is 39.3 Å². The molecule has 0 aliphatic rings. The Bertz CT molecular complexity index is 316. The zero-order chi connectivity index (χ0) is 12.2. The van der Waals surface area contributed by atoms with Gasteiger partial charge in [0.25, 0.3) is 0 Å². The first-order valence-corrected chi connectivity index (χ1v) is 5.83. The van der Waals surface area contributed by atoms with Gasteiger partial charge in [0.2, 0.25) is 0 Å². The second-order valence-corrected chi connectivity index (χ2v) is 5.13. The number of nitrogens with zero attached hydrogens (tertiary/aromatic N) is 1. The molecule has 0 unspecified atom stereocenters. The van der Waals surface area contributed by atoms with Gasteiger partial charge in [0.1, 0.15) is 0 Å². The molecule has 0 aromatic heterocycles. The number of aliphatic hydroxyl groups excluding tert-OH is 1. The fourth-order valence-corrected chi connectivity index (χ4v) is 1.65. The third-order valence-electron chi connectivity index (χ3n) is 3.30. The molecule has 0 spiro atoms. The highest BCUT2D eigenvalue weighted by Gasteiger charge is 2.22. The third kappa shape index (κ3) is 3.62. The number of aliphatic hydroxyl groups is 1. The number of hydrogen-bond acceptors (Lipinski definition) is 2. The zero-order valence-electron chi connectivity index (χ0n) is 10.8. The summed E-state index contributed by atoms with van der Waals surface area (Å²) in [5.41, 5.74) is 2.65. The summed E-state index contributed by atoms with van der Waals surface area (Å²) in [4.78, 5) is 2.29. The van der Waals surface area contributed by atoms with E-state index in [2.05, 4.69) is 57.0 Å². The van der Waals surface area contributed by atoms with E-state index in [1.807, 2.05) is 0 Å². The van der Waals surface area contributed by atoms with Crippen LogP contribution in [-0.2, 0) is 6.54 Å². The van der Waals surface area contributed by atoms with Gasteiger partial charge in [-0.2, -0.15) is 0 Å².